The van der Waals surface area contributed by atoms with Gasteiger partial charge in [-0.2, -0.15) is 0 Å². The maximum atomic E-state index is 11.7. The van der Waals surface area contributed by atoms with Crippen molar-refractivity contribution in [1.29, 1.82) is 0 Å². The van der Waals surface area contributed by atoms with Crippen molar-refractivity contribution in [1.82, 2.24) is 5.16 Å². The highest BCUT2D eigenvalue weighted by molar-refractivity contribution is 6.03. The first-order valence-corrected chi connectivity index (χ1v) is 4.61. The molecule has 0 fully saturated rings. The number of benzene rings is 1. The van der Waals surface area contributed by atoms with Crippen molar-refractivity contribution in [2.75, 3.05) is 5.32 Å². The van der Waals surface area contributed by atoms with Crippen LogP contribution in [0.5, 0.6) is 0 Å². The zero-order valence-corrected chi connectivity index (χ0v) is 8.51. The molecule has 1 heterocycles. The van der Waals surface area contributed by atoms with Gasteiger partial charge in [-0.25, -0.2) is 0 Å². The number of hydrogen-bond donors (Lipinski definition) is 1. The minimum atomic E-state index is -0.470. The number of anilines is 1. The van der Waals surface area contributed by atoms with E-state index in [1.807, 2.05) is 6.07 Å². The zero-order chi connectivity index (χ0) is 11.5. The van der Waals surface area contributed by atoms with Gasteiger partial charge in [-0.15, -0.1) is 0 Å². The van der Waals surface area contributed by atoms with Gasteiger partial charge in [0, 0.05) is 12.6 Å². The SMILES string of the molecule is Cc1c(C(=O)Nc2ccccc2)no[n+]1[O-]. The van der Waals surface area contributed by atoms with Crippen LogP contribution >= 0.6 is 0 Å². The fraction of sp³-hybridized carbons (Fsp3) is 0.100. The van der Waals surface area contributed by atoms with Crippen LogP contribution in [0.3, 0.4) is 0 Å². The molecule has 0 aliphatic heterocycles. The second-order valence-corrected chi connectivity index (χ2v) is 3.18. The van der Waals surface area contributed by atoms with Gasteiger partial charge in [-0.3, -0.25) is 9.42 Å². The van der Waals surface area contributed by atoms with Gasteiger partial charge in [0.1, 0.15) is 0 Å². The Hall–Kier alpha value is -2.37. The topological polar surface area (TPSA) is 82.1 Å². The Morgan fingerprint density at radius 3 is 2.69 bits per heavy atom. The molecule has 6 nitrogen and oxygen atoms in total. The molecule has 0 saturated carbocycles. The van der Waals surface area contributed by atoms with Gasteiger partial charge in [0.15, 0.2) is 0 Å². The molecule has 2 rings (SSSR count). The molecule has 0 atom stereocenters. The Morgan fingerprint density at radius 2 is 2.12 bits per heavy atom. The predicted octanol–water partition coefficient (Wildman–Crippen LogP) is 0.869. The number of aromatic nitrogens is 2. The first-order valence-electron chi connectivity index (χ1n) is 4.61. The highest BCUT2D eigenvalue weighted by Gasteiger charge is 2.22. The molecule has 0 unspecified atom stereocenters. The normalized spacial score (nSPS) is 10.1. The number of amides is 1. The predicted molar refractivity (Wildman–Crippen MR) is 54.6 cm³/mol. The summed E-state index contributed by atoms with van der Waals surface area (Å²) in [7, 11) is 0. The lowest BCUT2D eigenvalue weighted by atomic mass is 10.3. The summed E-state index contributed by atoms with van der Waals surface area (Å²) in [6.45, 7) is 1.46. The molecule has 6 heteroatoms. The summed E-state index contributed by atoms with van der Waals surface area (Å²) in [6.07, 6.45) is 0. The zero-order valence-electron chi connectivity index (χ0n) is 8.51. The van der Waals surface area contributed by atoms with Crippen LogP contribution < -0.4 is 10.2 Å². The van der Waals surface area contributed by atoms with E-state index in [4.69, 9.17) is 0 Å². The van der Waals surface area contributed by atoms with Crippen molar-refractivity contribution >= 4 is 11.6 Å². The van der Waals surface area contributed by atoms with E-state index in [1.54, 1.807) is 24.3 Å². The molecule has 1 amide bonds. The summed E-state index contributed by atoms with van der Waals surface area (Å²) in [4.78, 5) is 11.9. The van der Waals surface area contributed by atoms with Crippen LogP contribution in [0.15, 0.2) is 35.0 Å². The van der Waals surface area contributed by atoms with Crippen molar-refractivity contribution in [2.45, 2.75) is 6.92 Å². The van der Waals surface area contributed by atoms with Gasteiger partial charge in [0.05, 0.1) is 5.16 Å². The lowest BCUT2D eigenvalue weighted by Gasteiger charge is -1.99. The highest BCUT2D eigenvalue weighted by Crippen LogP contribution is 2.08. The van der Waals surface area contributed by atoms with Crippen molar-refractivity contribution in [3.63, 3.8) is 0 Å². The minimum Gasteiger partial charge on any atom is -0.359 e. The van der Waals surface area contributed by atoms with E-state index in [1.165, 1.54) is 6.92 Å². The molecule has 2 aromatic rings. The van der Waals surface area contributed by atoms with E-state index >= 15 is 0 Å². The monoisotopic (exact) mass is 219 g/mol. The Labute approximate surface area is 91.0 Å². The number of para-hydroxylation sites is 1. The van der Waals surface area contributed by atoms with E-state index in [0.29, 0.717) is 5.69 Å². The summed E-state index contributed by atoms with van der Waals surface area (Å²) in [6, 6.07) is 8.89. The standard InChI is InChI=1S/C10H9N3O3/c1-7-9(12-16-13(7)15)10(14)11-8-5-3-2-4-6-8/h2-6H,1H3,(H,11,14). The third-order valence-electron chi connectivity index (χ3n) is 2.07. The average molecular weight is 219 g/mol. The first-order chi connectivity index (χ1) is 7.68. The molecule has 0 spiro atoms. The quantitative estimate of drug-likeness (QED) is 0.759. The van der Waals surface area contributed by atoms with Gasteiger partial charge < -0.3 is 10.5 Å². The molecule has 1 aromatic heterocycles. The summed E-state index contributed by atoms with van der Waals surface area (Å²) in [5.41, 5.74) is 0.750. The molecular weight excluding hydrogens is 210 g/mol. The Kier molecular flexibility index (Phi) is 2.55. The van der Waals surface area contributed by atoms with Crippen LogP contribution in [-0.2, 0) is 0 Å². The molecule has 16 heavy (non-hydrogen) atoms. The van der Waals surface area contributed by atoms with Gasteiger partial charge >= 0.3 is 11.6 Å². The number of carbonyl (C=O) groups is 1. The van der Waals surface area contributed by atoms with Gasteiger partial charge in [-0.05, 0) is 17.0 Å². The van der Waals surface area contributed by atoms with E-state index in [-0.39, 0.29) is 16.3 Å². The largest absolute Gasteiger partial charge is 0.359 e. The molecule has 0 radical (unpaired) electrons. The van der Waals surface area contributed by atoms with E-state index in [9.17, 15) is 10.0 Å². The number of nitrogens with one attached hydrogen (secondary N) is 1. The third-order valence-corrected chi connectivity index (χ3v) is 2.07. The van der Waals surface area contributed by atoms with Crippen molar-refractivity contribution < 1.29 is 14.3 Å². The summed E-state index contributed by atoms with van der Waals surface area (Å²) in [5.74, 6) is -0.470. The van der Waals surface area contributed by atoms with Gasteiger partial charge in [-0.1, -0.05) is 18.2 Å². The molecule has 0 bridgehead atoms. The van der Waals surface area contributed by atoms with Crippen molar-refractivity contribution in [3.8, 4) is 0 Å². The molecule has 82 valence electrons. The second-order valence-electron chi connectivity index (χ2n) is 3.18. The van der Waals surface area contributed by atoms with Gasteiger partial charge in [0.25, 0.3) is 0 Å². The van der Waals surface area contributed by atoms with Crippen LogP contribution in [0.25, 0.3) is 0 Å². The number of rotatable bonds is 2. The van der Waals surface area contributed by atoms with E-state index < -0.39 is 5.91 Å². The average Bonchev–Trinajstić information content (AvgIpc) is 2.61. The smallest absolute Gasteiger partial charge is 0.308 e. The lowest BCUT2D eigenvalue weighted by Crippen LogP contribution is -2.27. The van der Waals surface area contributed by atoms with Crippen molar-refractivity contribution in [3.05, 3.63) is 46.9 Å². The Balaban J connectivity index is 2.18. The highest BCUT2D eigenvalue weighted by atomic mass is 16.8. The fourth-order valence-electron chi connectivity index (χ4n) is 1.21. The summed E-state index contributed by atoms with van der Waals surface area (Å²) >= 11 is 0. The maximum Gasteiger partial charge on any atom is 0.308 e. The van der Waals surface area contributed by atoms with E-state index in [0.717, 1.165) is 0 Å². The second kappa shape index (κ2) is 4.01. The molecule has 0 saturated heterocycles. The maximum absolute atomic E-state index is 11.7. The molecule has 0 aliphatic carbocycles. The number of hydrogen-bond acceptors (Lipinski definition) is 4. The minimum absolute atomic E-state index is 0.0150. The summed E-state index contributed by atoms with van der Waals surface area (Å²) in [5, 5.41) is 16.9. The molecule has 1 N–H and O–H groups in total. The fourth-order valence-corrected chi connectivity index (χ4v) is 1.21. The van der Waals surface area contributed by atoms with Crippen LogP contribution in [0, 0.1) is 12.1 Å². The van der Waals surface area contributed by atoms with E-state index in [2.05, 4.69) is 15.1 Å². The first kappa shape index (κ1) is 10.2. The Morgan fingerprint density at radius 1 is 1.44 bits per heavy atom. The molecular formula is C10H9N3O3. The molecule has 0 aliphatic rings. The summed E-state index contributed by atoms with van der Waals surface area (Å²) < 4.78 is 4.30. The number of carbonyl (C=O) groups excluding carboxylic acids is 1. The van der Waals surface area contributed by atoms with Crippen LogP contribution in [-0.4, -0.2) is 11.1 Å². The number of nitrogens with zero attached hydrogens (tertiary/aromatic N) is 2. The van der Waals surface area contributed by atoms with Crippen LogP contribution in [0.4, 0.5) is 5.69 Å². The lowest BCUT2D eigenvalue weighted by molar-refractivity contribution is -0.806. The molecule has 1 aromatic carbocycles. The van der Waals surface area contributed by atoms with Crippen LogP contribution in [0.1, 0.15) is 16.2 Å². The Bertz CT molecular complexity index is 507. The van der Waals surface area contributed by atoms with Gasteiger partial charge in [0.2, 0.25) is 5.69 Å². The third kappa shape index (κ3) is 1.85. The van der Waals surface area contributed by atoms with Crippen LogP contribution in [0.2, 0.25) is 0 Å². The van der Waals surface area contributed by atoms with Crippen molar-refractivity contribution in [2.24, 2.45) is 0 Å².